The molecular weight excluding hydrogens is 190 g/mol. The Morgan fingerprint density at radius 3 is 2.80 bits per heavy atom. The van der Waals surface area contributed by atoms with Gasteiger partial charge in [0.2, 0.25) is 0 Å². The van der Waals surface area contributed by atoms with E-state index in [0.29, 0.717) is 5.92 Å². The molecule has 1 N–H and O–H groups in total. The summed E-state index contributed by atoms with van der Waals surface area (Å²) in [6.07, 6.45) is 6.69. The summed E-state index contributed by atoms with van der Waals surface area (Å²) in [6.45, 7) is 4.57. The standard InChI is InChI=1S/C12H23NO2/c1-2-4-12(3-1)13-6-8-15-10-11-5-7-14-9-11/h11-13H,1-10H2. The summed E-state index contributed by atoms with van der Waals surface area (Å²) in [7, 11) is 0. The van der Waals surface area contributed by atoms with Gasteiger partial charge >= 0.3 is 0 Å². The highest BCUT2D eigenvalue weighted by atomic mass is 16.5. The Morgan fingerprint density at radius 1 is 1.20 bits per heavy atom. The monoisotopic (exact) mass is 213 g/mol. The first-order valence-corrected chi connectivity index (χ1v) is 6.34. The van der Waals surface area contributed by atoms with E-state index in [1.54, 1.807) is 0 Å². The molecule has 1 heterocycles. The summed E-state index contributed by atoms with van der Waals surface area (Å²) in [6, 6.07) is 0.767. The zero-order chi connectivity index (χ0) is 10.3. The third-order valence-corrected chi connectivity index (χ3v) is 3.41. The maximum Gasteiger partial charge on any atom is 0.0591 e. The highest BCUT2D eigenvalue weighted by molar-refractivity contribution is 4.73. The molecule has 0 bridgehead atoms. The summed E-state index contributed by atoms with van der Waals surface area (Å²) in [5.41, 5.74) is 0. The van der Waals surface area contributed by atoms with Gasteiger partial charge in [-0.25, -0.2) is 0 Å². The normalized spacial score (nSPS) is 27.6. The van der Waals surface area contributed by atoms with Gasteiger partial charge in [0.05, 0.1) is 19.8 Å². The van der Waals surface area contributed by atoms with Gasteiger partial charge in [-0.1, -0.05) is 12.8 Å². The molecule has 0 amide bonds. The van der Waals surface area contributed by atoms with E-state index in [2.05, 4.69) is 5.32 Å². The van der Waals surface area contributed by atoms with E-state index < -0.39 is 0 Å². The number of ether oxygens (including phenoxy) is 2. The summed E-state index contributed by atoms with van der Waals surface area (Å²) in [5.74, 6) is 0.650. The zero-order valence-electron chi connectivity index (χ0n) is 9.54. The lowest BCUT2D eigenvalue weighted by molar-refractivity contribution is 0.0902. The molecule has 2 aliphatic rings. The second-order valence-corrected chi connectivity index (χ2v) is 4.74. The van der Waals surface area contributed by atoms with Gasteiger partial charge in [-0.3, -0.25) is 0 Å². The first kappa shape index (κ1) is 11.4. The molecule has 2 rings (SSSR count). The maximum atomic E-state index is 5.63. The van der Waals surface area contributed by atoms with Crippen LogP contribution < -0.4 is 5.32 Å². The Balaban J connectivity index is 1.41. The zero-order valence-corrected chi connectivity index (χ0v) is 9.54. The van der Waals surface area contributed by atoms with Crippen LogP contribution in [0.4, 0.5) is 0 Å². The first-order chi connectivity index (χ1) is 7.45. The van der Waals surface area contributed by atoms with Crippen LogP contribution in [0, 0.1) is 5.92 Å². The summed E-state index contributed by atoms with van der Waals surface area (Å²) < 4.78 is 10.9. The Bertz CT molecular complexity index is 145. The molecule has 2 fully saturated rings. The molecule has 0 radical (unpaired) electrons. The lowest BCUT2D eigenvalue weighted by Gasteiger charge is -2.13. The minimum atomic E-state index is 0.650. The third kappa shape index (κ3) is 4.09. The second-order valence-electron chi connectivity index (χ2n) is 4.74. The summed E-state index contributed by atoms with van der Waals surface area (Å²) in [5, 5.41) is 3.55. The molecule has 3 heteroatoms. The summed E-state index contributed by atoms with van der Waals surface area (Å²) >= 11 is 0. The molecule has 1 saturated heterocycles. The highest BCUT2D eigenvalue weighted by Crippen LogP contribution is 2.17. The SMILES string of the molecule is C1CCC(NCCOCC2CCOC2)C1. The van der Waals surface area contributed by atoms with Crippen molar-refractivity contribution >= 4 is 0 Å². The van der Waals surface area contributed by atoms with Gasteiger partial charge in [-0.15, -0.1) is 0 Å². The molecule has 1 aliphatic heterocycles. The molecule has 1 atom stereocenters. The molecule has 0 aromatic carbocycles. The van der Waals surface area contributed by atoms with Crippen molar-refractivity contribution in [3.05, 3.63) is 0 Å². The maximum absolute atomic E-state index is 5.63. The summed E-state index contributed by atoms with van der Waals surface area (Å²) in [4.78, 5) is 0. The van der Waals surface area contributed by atoms with E-state index >= 15 is 0 Å². The lowest BCUT2D eigenvalue weighted by Crippen LogP contribution is -2.29. The van der Waals surface area contributed by atoms with Crippen molar-refractivity contribution in [1.82, 2.24) is 5.32 Å². The topological polar surface area (TPSA) is 30.5 Å². The first-order valence-electron chi connectivity index (χ1n) is 6.34. The molecular formula is C12H23NO2. The van der Waals surface area contributed by atoms with Crippen molar-refractivity contribution < 1.29 is 9.47 Å². The number of hydrogen-bond donors (Lipinski definition) is 1. The van der Waals surface area contributed by atoms with Crippen molar-refractivity contribution in [3.8, 4) is 0 Å². The Labute approximate surface area is 92.5 Å². The largest absolute Gasteiger partial charge is 0.381 e. The minimum absolute atomic E-state index is 0.650. The quantitative estimate of drug-likeness (QED) is 0.679. The molecule has 0 aromatic rings. The van der Waals surface area contributed by atoms with Crippen LogP contribution in [-0.4, -0.2) is 39.0 Å². The van der Waals surface area contributed by atoms with Crippen LogP contribution in [0.15, 0.2) is 0 Å². The average Bonchev–Trinajstić information content (AvgIpc) is 2.88. The molecule has 1 aliphatic carbocycles. The predicted octanol–water partition coefficient (Wildman–Crippen LogP) is 1.57. The van der Waals surface area contributed by atoms with Crippen LogP contribution in [0.3, 0.4) is 0 Å². The molecule has 15 heavy (non-hydrogen) atoms. The fraction of sp³-hybridized carbons (Fsp3) is 1.00. The fourth-order valence-electron chi connectivity index (χ4n) is 2.43. The molecule has 0 aromatic heterocycles. The van der Waals surface area contributed by atoms with E-state index in [9.17, 15) is 0 Å². The van der Waals surface area contributed by atoms with E-state index in [-0.39, 0.29) is 0 Å². The van der Waals surface area contributed by atoms with Gasteiger partial charge in [-0.2, -0.15) is 0 Å². The van der Waals surface area contributed by atoms with Crippen molar-refractivity contribution in [3.63, 3.8) is 0 Å². The number of nitrogens with one attached hydrogen (secondary N) is 1. The van der Waals surface area contributed by atoms with Gasteiger partial charge in [0.1, 0.15) is 0 Å². The van der Waals surface area contributed by atoms with Crippen molar-refractivity contribution in [2.24, 2.45) is 5.92 Å². The van der Waals surface area contributed by atoms with Gasteiger partial charge in [-0.05, 0) is 19.3 Å². The van der Waals surface area contributed by atoms with E-state index in [1.165, 1.54) is 32.1 Å². The van der Waals surface area contributed by atoms with Gasteiger partial charge in [0.25, 0.3) is 0 Å². The lowest BCUT2D eigenvalue weighted by atomic mass is 10.1. The average molecular weight is 213 g/mol. The molecule has 1 unspecified atom stereocenters. The van der Waals surface area contributed by atoms with Gasteiger partial charge in [0, 0.05) is 25.1 Å². The van der Waals surface area contributed by atoms with Gasteiger partial charge in [0.15, 0.2) is 0 Å². The molecule has 1 saturated carbocycles. The Morgan fingerprint density at radius 2 is 2.07 bits per heavy atom. The smallest absolute Gasteiger partial charge is 0.0591 e. The van der Waals surface area contributed by atoms with E-state index in [1.807, 2.05) is 0 Å². The second kappa shape index (κ2) is 6.46. The van der Waals surface area contributed by atoms with Crippen LogP contribution in [-0.2, 0) is 9.47 Å². The van der Waals surface area contributed by atoms with E-state index in [4.69, 9.17) is 9.47 Å². The van der Waals surface area contributed by atoms with E-state index in [0.717, 1.165) is 39.0 Å². The predicted molar refractivity (Wildman–Crippen MR) is 60.0 cm³/mol. The molecule has 0 spiro atoms. The minimum Gasteiger partial charge on any atom is -0.381 e. The van der Waals surface area contributed by atoms with Crippen LogP contribution in [0.2, 0.25) is 0 Å². The molecule has 88 valence electrons. The Hall–Kier alpha value is -0.120. The fourth-order valence-corrected chi connectivity index (χ4v) is 2.43. The van der Waals surface area contributed by atoms with Crippen molar-refractivity contribution in [1.29, 1.82) is 0 Å². The third-order valence-electron chi connectivity index (χ3n) is 3.41. The van der Waals surface area contributed by atoms with Crippen LogP contribution in [0.1, 0.15) is 32.1 Å². The number of rotatable bonds is 6. The van der Waals surface area contributed by atoms with Crippen molar-refractivity contribution in [2.45, 2.75) is 38.1 Å². The highest BCUT2D eigenvalue weighted by Gasteiger charge is 2.16. The van der Waals surface area contributed by atoms with Crippen molar-refractivity contribution in [2.75, 3.05) is 33.0 Å². The van der Waals surface area contributed by atoms with Crippen LogP contribution >= 0.6 is 0 Å². The van der Waals surface area contributed by atoms with Gasteiger partial charge < -0.3 is 14.8 Å². The van der Waals surface area contributed by atoms with Crippen LogP contribution in [0.5, 0.6) is 0 Å². The number of hydrogen-bond acceptors (Lipinski definition) is 3. The molecule has 3 nitrogen and oxygen atoms in total. The Kier molecular flexibility index (Phi) is 4.90. The van der Waals surface area contributed by atoms with Crippen LogP contribution in [0.25, 0.3) is 0 Å².